The summed E-state index contributed by atoms with van der Waals surface area (Å²) < 4.78 is 19.6. The molecule has 1 amide bonds. The van der Waals surface area contributed by atoms with Crippen molar-refractivity contribution in [3.8, 4) is 11.9 Å². The van der Waals surface area contributed by atoms with Gasteiger partial charge in [0.05, 0.1) is 23.6 Å². The molecule has 2 heterocycles. The van der Waals surface area contributed by atoms with E-state index in [2.05, 4.69) is 27.8 Å². The summed E-state index contributed by atoms with van der Waals surface area (Å²) in [5, 5.41) is 26.9. The topological polar surface area (TPSA) is 107 Å². The van der Waals surface area contributed by atoms with Crippen LogP contribution in [-0.4, -0.2) is 40.3 Å². The maximum atomic E-state index is 13.3. The van der Waals surface area contributed by atoms with Gasteiger partial charge in [0.25, 0.3) is 0 Å². The van der Waals surface area contributed by atoms with Gasteiger partial charge < -0.3 is 20.5 Å². The van der Waals surface area contributed by atoms with Crippen molar-refractivity contribution in [2.75, 3.05) is 6.54 Å². The van der Waals surface area contributed by atoms with Gasteiger partial charge in [-0.1, -0.05) is 12.1 Å². The van der Waals surface area contributed by atoms with E-state index < -0.39 is 17.6 Å². The van der Waals surface area contributed by atoms with Crippen molar-refractivity contribution in [3.63, 3.8) is 0 Å². The lowest BCUT2D eigenvalue weighted by molar-refractivity contribution is -0.120. The SMILES string of the molecule is CC(=O)N[C@@H](Cc1ccc(F)cc1)[C@@H](O)CN[C@H]1CC2(CCC2)Oc2ncc(CC(C)(C)C#N)cc21. The fraction of sp³-hybridized carbons (Fsp3) is 0.536. The van der Waals surface area contributed by atoms with Gasteiger partial charge in [-0.05, 0) is 75.3 Å². The van der Waals surface area contributed by atoms with Crippen LogP contribution < -0.4 is 15.4 Å². The minimum atomic E-state index is -0.865. The van der Waals surface area contributed by atoms with Crippen LogP contribution in [0.1, 0.15) is 69.2 Å². The molecule has 3 N–H and O–H groups in total. The number of aliphatic hydroxyl groups excluding tert-OH is 1. The van der Waals surface area contributed by atoms with E-state index in [4.69, 9.17) is 4.74 Å². The molecule has 0 saturated heterocycles. The first-order chi connectivity index (χ1) is 17.1. The van der Waals surface area contributed by atoms with Gasteiger partial charge in [-0.3, -0.25) is 4.79 Å². The predicted octanol–water partition coefficient (Wildman–Crippen LogP) is 3.76. The normalized spacial score (nSPS) is 19.8. The first-order valence-corrected chi connectivity index (χ1v) is 12.6. The molecule has 1 aromatic heterocycles. The van der Waals surface area contributed by atoms with Crippen molar-refractivity contribution in [1.82, 2.24) is 15.6 Å². The zero-order chi connectivity index (χ0) is 25.9. The molecule has 8 heteroatoms. The molecule has 7 nitrogen and oxygen atoms in total. The number of hydrogen-bond donors (Lipinski definition) is 3. The third-order valence-electron chi connectivity index (χ3n) is 7.21. The number of hydrogen-bond acceptors (Lipinski definition) is 6. The van der Waals surface area contributed by atoms with Gasteiger partial charge in [0, 0.05) is 37.7 Å². The summed E-state index contributed by atoms with van der Waals surface area (Å²) in [6.45, 7) is 5.48. The molecule has 0 unspecified atom stereocenters. The van der Waals surface area contributed by atoms with E-state index in [9.17, 15) is 19.6 Å². The highest BCUT2D eigenvalue weighted by molar-refractivity contribution is 5.73. The highest BCUT2D eigenvalue weighted by atomic mass is 19.1. The Morgan fingerprint density at radius 3 is 2.67 bits per heavy atom. The van der Waals surface area contributed by atoms with E-state index in [1.54, 1.807) is 18.3 Å². The second-order valence-electron chi connectivity index (χ2n) is 10.9. The van der Waals surface area contributed by atoms with Crippen LogP contribution in [0.3, 0.4) is 0 Å². The molecule has 1 aliphatic carbocycles. The monoisotopic (exact) mass is 494 g/mol. The van der Waals surface area contributed by atoms with Crippen LogP contribution in [0.4, 0.5) is 4.39 Å². The molecule has 0 radical (unpaired) electrons. The van der Waals surface area contributed by atoms with Crippen LogP contribution in [-0.2, 0) is 17.6 Å². The van der Waals surface area contributed by atoms with Gasteiger partial charge in [0.15, 0.2) is 0 Å². The van der Waals surface area contributed by atoms with E-state index in [1.807, 2.05) is 13.8 Å². The van der Waals surface area contributed by atoms with Crippen molar-refractivity contribution in [2.24, 2.45) is 5.41 Å². The number of ether oxygens (including phenoxy) is 1. The molecule has 2 aromatic rings. The molecule has 192 valence electrons. The largest absolute Gasteiger partial charge is 0.471 e. The molecular formula is C28H35FN4O3. The number of benzene rings is 1. The second kappa shape index (κ2) is 10.5. The molecule has 1 aliphatic heterocycles. The lowest BCUT2D eigenvalue weighted by atomic mass is 9.73. The van der Waals surface area contributed by atoms with E-state index in [0.29, 0.717) is 18.7 Å². The van der Waals surface area contributed by atoms with E-state index >= 15 is 0 Å². The number of carbonyl (C=O) groups excluding carboxylic acids is 1. The number of nitriles is 1. The Hall–Kier alpha value is -3.02. The summed E-state index contributed by atoms with van der Waals surface area (Å²) >= 11 is 0. The summed E-state index contributed by atoms with van der Waals surface area (Å²) in [6, 6.07) is 9.86. The van der Waals surface area contributed by atoms with Crippen LogP contribution in [0.15, 0.2) is 36.5 Å². The Morgan fingerprint density at radius 1 is 1.33 bits per heavy atom. The maximum absolute atomic E-state index is 13.3. The predicted molar refractivity (Wildman–Crippen MR) is 134 cm³/mol. The zero-order valence-electron chi connectivity index (χ0n) is 21.2. The fourth-order valence-electron chi connectivity index (χ4n) is 5.11. The van der Waals surface area contributed by atoms with Gasteiger partial charge >= 0.3 is 0 Å². The smallest absolute Gasteiger partial charge is 0.218 e. The number of aliphatic hydroxyl groups is 1. The number of fused-ring (bicyclic) bond motifs is 1. The highest BCUT2D eigenvalue weighted by Crippen LogP contribution is 2.48. The number of pyridine rings is 1. The molecule has 1 aromatic carbocycles. The minimum absolute atomic E-state index is 0.0786. The summed E-state index contributed by atoms with van der Waals surface area (Å²) in [5.41, 5.74) is 1.98. The highest BCUT2D eigenvalue weighted by Gasteiger charge is 2.46. The fourth-order valence-corrected chi connectivity index (χ4v) is 5.11. The molecular weight excluding hydrogens is 459 g/mol. The molecule has 2 aliphatic rings. The Balaban J connectivity index is 1.50. The Morgan fingerprint density at radius 2 is 2.06 bits per heavy atom. The molecule has 4 rings (SSSR count). The summed E-state index contributed by atoms with van der Waals surface area (Å²) in [7, 11) is 0. The Labute approximate surface area is 212 Å². The third-order valence-corrected chi connectivity index (χ3v) is 7.21. The van der Waals surface area contributed by atoms with Gasteiger partial charge in [0.2, 0.25) is 11.8 Å². The number of nitrogens with zero attached hydrogens (tertiary/aromatic N) is 2. The van der Waals surface area contributed by atoms with E-state index in [1.165, 1.54) is 19.1 Å². The minimum Gasteiger partial charge on any atom is -0.471 e. The van der Waals surface area contributed by atoms with Crippen LogP contribution in [0, 0.1) is 22.6 Å². The number of rotatable bonds is 9. The quantitative estimate of drug-likeness (QED) is 0.490. The van der Waals surface area contributed by atoms with Gasteiger partial charge in [0.1, 0.15) is 11.4 Å². The summed E-state index contributed by atoms with van der Waals surface area (Å²) in [6.07, 6.45) is 5.70. The molecule has 1 fully saturated rings. The lowest BCUT2D eigenvalue weighted by Gasteiger charge is -2.47. The Kier molecular flexibility index (Phi) is 7.62. The zero-order valence-corrected chi connectivity index (χ0v) is 21.2. The van der Waals surface area contributed by atoms with Gasteiger partial charge in [-0.2, -0.15) is 5.26 Å². The van der Waals surface area contributed by atoms with Crippen LogP contribution in [0.25, 0.3) is 0 Å². The van der Waals surface area contributed by atoms with Crippen molar-refractivity contribution in [1.29, 1.82) is 5.26 Å². The van der Waals surface area contributed by atoms with Crippen LogP contribution in [0.2, 0.25) is 0 Å². The van der Waals surface area contributed by atoms with E-state index in [-0.39, 0.29) is 29.9 Å². The summed E-state index contributed by atoms with van der Waals surface area (Å²) in [4.78, 5) is 16.4. The second-order valence-corrected chi connectivity index (χ2v) is 10.9. The standard InChI is InChI=1S/C28H35FN4O3/c1-18(34)33-23(12-19-5-7-21(29)8-6-19)25(35)16-31-24-14-28(9-4-10-28)36-26-22(24)11-20(15-32-26)13-27(2,3)17-30/h5-8,11,15,23-25,31,35H,4,9-10,12-14,16H2,1-3H3,(H,33,34)/t23-,24-,25-/m0/s1. The van der Waals surface area contributed by atoms with Crippen molar-refractivity contribution in [2.45, 2.75) is 83.1 Å². The van der Waals surface area contributed by atoms with Crippen LogP contribution in [0.5, 0.6) is 5.88 Å². The van der Waals surface area contributed by atoms with Crippen molar-refractivity contribution in [3.05, 3.63) is 59.0 Å². The van der Waals surface area contributed by atoms with Gasteiger partial charge in [-0.15, -0.1) is 0 Å². The molecule has 0 bridgehead atoms. The maximum Gasteiger partial charge on any atom is 0.218 e. The average molecular weight is 495 g/mol. The first kappa shape index (κ1) is 26.1. The molecule has 1 spiro atoms. The van der Waals surface area contributed by atoms with Gasteiger partial charge in [-0.25, -0.2) is 9.37 Å². The number of amides is 1. The molecule has 1 saturated carbocycles. The Bertz CT molecular complexity index is 1120. The van der Waals surface area contributed by atoms with Crippen molar-refractivity contribution < 1.29 is 19.0 Å². The summed E-state index contributed by atoms with van der Waals surface area (Å²) in [5.74, 6) is 0.0439. The lowest BCUT2D eigenvalue weighted by Crippen LogP contribution is -2.52. The number of nitrogens with one attached hydrogen (secondary N) is 2. The number of aromatic nitrogens is 1. The first-order valence-electron chi connectivity index (χ1n) is 12.6. The number of carbonyl (C=O) groups is 1. The third kappa shape index (κ3) is 6.21. The number of halogens is 1. The van der Waals surface area contributed by atoms with Crippen molar-refractivity contribution >= 4 is 5.91 Å². The average Bonchev–Trinajstić information content (AvgIpc) is 2.81. The molecule has 3 atom stereocenters. The molecule has 36 heavy (non-hydrogen) atoms. The van der Waals surface area contributed by atoms with Crippen LogP contribution >= 0.6 is 0 Å². The van der Waals surface area contributed by atoms with E-state index in [0.717, 1.165) is 42.4 Å².